The third kappa shape index (κ3) is 2.92. The van der Waals surface area contributed by atoms with Gasteiger partial charge in [-0.2, -0.15) is 4.57 Å². The Bertz CT molecular complexity index is 582. The molecule has 0 saturated heterocycles. The number of rotatable bonds is 4. The second-order valence-corrected chi connectivity index (χ2v) is 6.88. The summed E-state index contributed by atoms with van der Waals surface area (Å²) in [5, 5.41) is 3.39. The van der Waals surface area contributed by atoms with Gasteiger partial charge >= 0.3 is 0 Å². The first-order chi connectivity index (χ1) is 9.34. The van der Waals surface area contributed by atoms with Crippen LogP contribution in [0, 0.1) is 6.92 Å². The fourth-order valence-corrected chi connectivity index (χ4v) is 3.30. The van der Waals surface area contributed by atoms with Crippen LogP contribution in [0.4, 0.5) is 5.69 Å². The molecule has 0 aliphatic heterocycles. The summed E-state index contributed by atoms with van der Waals surface area (Å²) < 4.78 is 8.75. The second-order valence-electron chi connectivity index (χ2n) is 5.99. The van der Waals surface area contributed by atoms with E-state index in [1.54, 1.807) is 18.4 Å². The minimum absolute atomic E-state index is 0.000202. The maximum atomic E-state index is 5.73. The Morgan fingerprint density at radius 3 is 2.15 bits per heavy atom. The van der Waals surface area contributed by atoms with Crippen LogP contribution in [0.1, 0.15) is 22.4 Å². The zero-order valence-electron chi connectivity index (χ0n) is 13.2. The first-order valence-electron chi connectivity index (χ1n) is 6.73. The van der Waals surface area contributed by atoms with E-state index in [0.717, 1.165) is 4.48 Å². The van der Waals surface area contributed by atoms with E-state index in [1.165, 1.54) is 22.0 Å². The number of thiazole rings is 1. The molecule has 0 fully saturated rings. The van der Waals surface area contributed by atoms with Crippen LogP contribution in [0.5, 0.6) is 0 Å². The van der Waals surface area contributed by atoms with Gasteiger partial charge in [-0.1, -0.05) is 11.3 Å². The molecule has 0 radical (unpaired) electrons. The summed E-state index contributed by atoms with van der Waals surface area (Å²) in [6.45, 7) is 2.12. The lowest BCUT2D eigenvalue weighted by atomic mass is 10.1. The van der Waals surface area contributed by atoms with Gasteiger partial charge in [-0.25, -0.2) is 0 Å². The third-order valence-electron chi connectivity index (χ3n) is 3.64. The molecule has 0 aliphatic carbocycles. The maximum Gasteiger partial charge on any atom is 0.271 e. The molecule has 1 aromatic carbocycles. The molecule has 2 rings (SSSR count). The van der Waals surface area contributed by atoms with E-state index in [2.05, 4.69) is 69.3 Å². The predicted molar refractivity (Wildman–Crippen MR) is 85.1 cm³/mol. The average Bonchev–Trinajstić information content (AvgIpc) is 2.72. The smallest absolute Gasteiger partial charge is 0.271 e. The molecule has 0 spiro atoms. The van der Waals surface area contributed by atoms with Gasteiger partial charge in [0, 0.05) is 14.0 Å². The number of hydrogen-bond donors (Lipinski definition) is 0. The quantitative estimate of drug-likeness (QED) is 0.624. The van der Waals surface area contributed by atoms with E-state index < -0.39 is 0 Å². The summed E-state index contributed by atoms with van der Waals surface area (Å²) in [5.74, 6) is 0. The first kappa shape index (κ1) is 15.2. The fraction of sp³-hybridized carbons (Fsp3) is 0.438. The molecule has 1 aromatic heterocycles. The lowest BCUT2D eigenvalue weighted by Crippen LogP contribution is -2.35. The Morgan fingerprint density at radius 1 is 1.15 bits per heavy atom. The molecule has 0 amide bonds. The Hall–Kier alpha value is -1.23. The van der Waals surface area contributed by atoms with E-state index in [0.29, 0.717) is 0 Å². The SMILES string of the molecule is COC(c1ccc([N+](C)(C)C)cc1)c1scc(C)[n+]1C. The normalized spacial score (nSPS) is 13.5. The molecule has 1 atom stereocenters. The van der Waals surface area contributed by atoms with Crippen LogP contribution in [-0.4, -0.2) is 28.3 Å². The Labute approximate surface area is 125 Å². The van der Waals surface area contributed by atoms with Gasteiger partial charge in [0.2, 0.25) is 0 Å². The number of nitrogens with zero attached hydrogens (tertiary/aromatic N) is 2. The van der Waals surface area contributed by atoms with Crippen LogP contribution >= 0.6 is 11.3 Å². The number of aromatic nitrogens is 1. The number of aryl methyl sites for hydroxylation is 1. The van der Waals surface area contributed by atoms with Gasteiger partial charge in [-0.3, -0.25) is 4.48 Å². The van der Waals surface area contributed by atoms with Crippen molar-refractivity contribution in [3.8, 4) is 0 Å². The molecule has 0 aliphatic rings. The lowest BCUT2D eigenvalue weighted by molar-refractivity contribution is -0.682. The lowest BCUT2D eigenvalue weighted by Gasteiger charge is -2.23. The summed E-state index contributed by atoms with van der Waals surface area (Å²) in [6, 6.07) is 8.70. The highest BCUT2D eigenvalue weighted by Gasteiger charge is 2.26. The highest BCUT2D eigenvalue weighted by Crippen LogP contribution is 2.28. The van der Waals surface area contributed by atoms with Gasteiger partial charge in [-0.15, -0.1) is 0 Å². The van der Waals surface area contributed by atoms with E-state index in [4.69, 9.17) is 4.74 Å². The van der Waals surface area contributed by atoms with Gasteiger partial charge in [0.05, 0.1) is 26.5 Å². The summed E-state index contributed by atoms with van der Waals surface area (Å²) in [7, 11) is 10.4. The van der Waals surface area contributed by atoms with Crippen LogP contribution in [0.2, 0.25) is 0 Å². The van der Waals surface area contributed by atoms with Crippen molar-refractivity contribution in [1.82, 2.24) is 4.48 Å². The average molecular weight is 292 g/mol. The minimum Gasteiger partial charge on any atom is -0.365 e. The molecular weight excluding hydrogens is 268 g/mol. The van der Waals surface area contributed by atoms with Crippen LogP contribution in [0.25, 0.3) is 0 Å². The molecule has 1 unspecified atom stereocenters. The highest BCUT2D eigenvalue weighted by atomic mass is 32.1. The Morgan fingerprint density at radius 2 is 1.75 bits per heavy atom. The van der Waals surface area contributed by atoms with E-state index in [1.807, 2.05) is 0 Å². The Kier molecular flexibility index (Phi) is 4.28. The molecule has 3 nitrogen and oxygen atoms in total. The van der Waals surface area contributed by atoms with Gasteiger partial charge in [0.25, 0.3) is 5.01 Å². The summed E-state index contributed by atoms with van der Waals surface area (Å²) in [6.07, 6.45) is 0.000202. The van der Waals surface area contributed by atoms with Crippen molar-refractivity contribution in [3.63, 3.8) is 0 Å². The molecule has 20 heavy (non-hydrogen) atoms. The van der Waals surface area contributed by atoms with Crippen molar-refractivity contribution >= 4 is 17.0 Å². The van der Waals surface area contributed by atoms with Crippen molar-refractivity contribution in [2.45, 2.75) is 13.0 Å². The zero-order valence-corrected chi connectivity index (χ0v) is 14.0. The molecule has 0 bridgehead atoms. The molecule has 0 N–H and O–H groups in total. The van der Waals surface area contributed by atoms with Crippen LogP contribution in [-0.2, 0) is 11.8 Å². The van der Waals surface area contributed by atoms with E-state index >= 15 is 0 Å². The zero-order chi connectivity index (χ0) is 14.9. The monoisotopic (exact) mass is 292 g/mol. The van der Waals surface area contributed by atoms with Crippen molar-refractivity contribution in [1.29, 1.82) is 0 Å². The van der Waals surface area contributed by atoms with Crippen molar-refractivity contribution in [3.05, 3.63) is 45.9 Å². The molecule has 1 heterocycles. The van der Waals surface area contributed by atoms with Crippen LogP contribution in [0.15, 0.2) is 29.6 Å². The highest BCUT2D eigenvalue weighted by molar-refractivity contribution is 7.09. The third-order valence-corrected chi connectivity index (χ3v) is 4.83. The molecule has 2 aromatic rings. The van der Waals surface area contributed by atoms with Gasteiger partial charge < -0.3 is 4.74 Å². The maximum absolute atomic E-state index is 5.73. The topological polar surface area (TPSA) is 13.1 Å². The van der Waals surface area contributed by atoms with Crippen molar-refractivity contribution < 1.29 is 9.30 Å². The largest absolute Gasteiger partial charge is 0.365 e. The van der Waals surface area contributed by atoms with Gasteiger partial charge in [0.1, 0.15) is 12.7 Å². The van der Waals surface area contributed by atoms with E-state index in [9.17, 15) is 0 Å². The van der Waals surface area contributed by atoms with Gasteiger partial charge in [-0.05, 0) is 29.8 Å². The van der Waals surface area contributed by atoms with Crippen LogP contribution in [0.3, 0.4) is 0 Å². The number of quaternary nitrogens is 1. The van der Waals surface area contributed by atoms with Crippen LogP contribution < -0.4 is 9.05 Å². The predicted octanol–water partition coefficient (Wildman–Crippen LogP) is 2.81. The summed E-state index contributed by atoms with van der Waals surface area (Å²) in [5.41, 5.74) is 3.74. The number of ether oxygens (including phenoxy) is 1. The van der Waals surface area contributed by atoms with Gasteiger partial charge in [0.15, 0.2) is 11.8 Å². The fourth-order valence-electron chi connectivity index (χ4n) is 2.19. The number of benzene rings is 1. The molecular formula is C16H24N2OS+2. The van der Waals surface area contributed by atoms with E-state index in [-0.39, 0.29) is 6.10 Å². The number of methoxy groups -OCH3 is 1. The summed E-state index contributed by atoms with van der Waals surface area (Å²) >= 11 is 1.75. The molecule has 4 heteroatoms. The minimum atomic E-state index is 0.000202. The second kappa shape index (κ2) is 5.64. The molecule has 0 saturated carbocycles. The van der Waals surface area contributed by atoms with Crippen molar-refractivity contribution in [2.75, 3.05) is 28.3 Å². The standard InChI is InChI=1S/C16H24N2OS/c1-12-11-20-16(17(12)2)15(19-6)13-7-9-14(10-8-13)18(3,4)5/h7-11,15H,1-6H3/q+2. The first-order valence-corrected chi connectivity index (χ1v) is 7.61. The Balaban J connectivity index is 2.36. The summed E-state index contributed by atoms with van der Waals surface area (Å²) in [4.78, 5) is 0. The number of hydrogen-bond acceptors (Lipinski definition) is 2. The molecule has 108 valence electrons. The van der Waals surface area contributed by atoms with Crippen molar-refractivity contribution in [2.24, 2.45) is 7.05 Å².